The summed E-state index contributed by atoms with van der Waals surface area (Å²) in [7, 11) is 1.79. The highest BCUT2D eigenvalue weighted by Gasteiger charge is 2.26. The molecule has 2 heterocycles. The summed E-state index contributed by atoms with van der Waals surface area (Å²) in [6.07, 6.45) is 0.972. The molecule has 1 aromatic carbocycles. The van der Waals surface area contributed by atoms with Crippen LogP contribution in [0.2, 0.25) is 0 Å². The van der Waals surface area contributed by atoms with Gasteiger partial charge in [-0.3, -0.25) is 4.79 Å². The summed E-state index contributed by atoms with van der Waals surface area (Å²) in [6.45, 7) is 0.351. The van der Waals surface area contributed by atoms with Gasteiger partial charge in [-0.25, -0.2) is 4.39 Å². The van der Waals surface area contributed by atoms with Crippen molar-refractivity contribution >= 4 is 28.1 Å². The quantitative estimate of drug-likeness (QED) is 0.942. The van der Waals surface area contributed by atoms with Crippen molar-refractivity contribution in [1.29, 1.82) is 0 Å². The predicted octanol–water partition coefficient (Wildman–Crippen LogP) is 2.20. The molecule has 20 heavy (non-hydrogen) atoms. The zero-order chi connectivity index (χ0) is 14.1. The van der Waals surface area contributed by atoms with Crippen molar-refractivity contribution in [3.63, 3.8) is 0 Å². The number of anilines is 2. The molecule has 0 spiro atoms. The maximum Gasteiger partial charge on any atom is 0.227 e. The highest BCUT2D eigenvalue weighted by molar-refractivity contribution is 7.10. The number of nitrogens with zero attached hydrogens (tertiary/aromatic N) is 3. The number of amides is 1. The largest absolute Gasteiger partial charge is 0.377 e. The van der Waals surface area contributed by atoms with Crippen LogP contribution in [0.3, 0.4) is 0 Å². The second kappa shape index (κ2) is 5.16. The van der Waals surface area contributed by atoms with Gasteiger partial charge in [0.05, 0.1) is 6.54 Å². The number of hydrogen-bond donors (Lipinski definition) is 1. The zero-order valence-corrected chi connectivity index (χ0v) is 11.7. The number of carbonyl (C=O) groups is 1. The summed E-state index contributed by atoms with van der Waals surface area (Å²) >= 11 is 1.25. The normalized spacial score (nSPS) is 14.3. The third-order valence-corrected chi connectivity index (χ3v) is 4.12. The first-order valence-electron chi connectivity index (χ1n) is 6.27. The third-order valence-electron chi connectivity index (χ3n) is 3.33. The number of hydrogen-bond acceptors (Lipinski definition) is 5. The fourth-order valence-electron chi connectivity index (χ4n) is 2.35. The van der Waals surface area contributed by atoms with Crippen LogP contribution >= 0.6 is 11.5 Å². The Bertz CT molecular complexity index is 658. The number of benzene rings is 1. The first-order chi connectivity index (χ1) is 9.69. The Kier molecular flexibility index (Phi) is 3.35. The molecule has 0 saturated carbocycles. The van der Waals surface area contributed by atoms with Crippen molar-refractivity contribution < 1.29 is 9.18 Å². The molecule has 0 saturated heterocycles. The SMILES string of the molecule is CNc1snnc1CN1C(=O)CCc2cc(F)ccc21. The van der Waals surface area contributed by atoms with E-state index in [1.165, 1.54) is 23.7 Å². The molecule has 5 nitrogen and oxygen atoms in total. The van der Waals surface area contributed by atoms with Gasteiger partial charge in [-0.2, -0.15) is 0 Å². The smallest absolute Gasteiger partial charge is 0.227 e. The van der Waals surface area contributed by atoms with E-state index in [0.29, 0.717) is 19.4 Å². The number of aryl methyl sites for hydroxylation is 1. The van der Waals surface area contributed by atoms with Gasteiger partial charge in [0.25, 0.3) is 0 Å². The zero-order valence-electron chi connectivity index (χ0n) is 10.9. The lowest BCUT2D eigenvalue weighted by atomic mass is 10.0. The van der Waals surface area contributed by atoms with E-state index >= 15 is 0 Å². The Morgan fingerprint density at radius 2 is 2.30 bits per heavy atom. The molecular weight excluding hydrogens is 279 g/mol. The van der Waals surface area contributed by atoms with Crippen LogP contribution in [-0.2, 0) is 17.8 Å². The van der Waals surface area contributed by atoms with Gasteiger partial charge in [0.2, 0.25) is 5.91 Å². The Morgan fingerprint density at radius 1 is 1.45 bits per heavy atom. The summed E-state index contributed by atoms with van der Waals surface area (Å²) < 4.78 is 17.2. The fraction of sp³-hybridized carbons (Fsp3) is 0.308. The van der Waals surface area contributed by atoms with Crippen LogP contribution in [0.1, 0.15) is 17.7 Å². The van der Waals surface area contributed by atoms with Crippen molar-refractivity contribution in [2.24, 2.45) is 0 Å². The second-order valence-corrected chi connectivity index (χ2v) is 5.31. The van der Waals surface area contributed by atoms with Crippen molar-refractivity contribution in [3.05, 3.63) is 35.3 Å². The molecule has 0 unspecified atom stereocenters. The molecule has 1 N–H and O–H groups in total. The monoisotopic (exact) mass is 292 g/mol. The highest BCUT2D eigenvalue weighted by atomic mass is 32.1. The molecule has 1 amide bonds. The molecule has 0 radical (unpaired) electrons. The Morgan fingerprint density at radius 3 is 3.10 bits per heavy atom. The van der Waals surface area contributed by atoms with E-state index in [0.717, 1.165) is 21.9 Å². The number of fused-ring (bicyclic) bond motifs is 1. The third kappa shape index (κ3) is 2.24. The van der Waals surface area contributed by atoms with Crippen LogP contribution in [0.25, 0.3) is 0 Å². The first kappa shape index (κ1) is 13.0. The molecule has 1 aliphatic rings. The van der Waals surface area contributed by atoms with Crippen LogP contribution in [0.15, 0.2) is 18.2 Å². The lowest BCUT2D eigenvalue weighted by Gasteiger charge is -2.29. The molecule has 0 atom stereocenters. The lowest BCUT2D eigenvalue weighted by molar-refractivity contribution is -0.119. The van der Waals surface area contributed by atoms with Crippen molar-refractivity contribution in [3.8, 4) is 0 Å². The lowest BCUT2D eigenvalue weighted by Crippen LogP contribution is -2.34. The van der Waals surface area contributed by atoms with Crippen LogP contribution < -0.4 is 10.2 Å². The van der Waals surface area contributed by atoms with Crippen molar-refractivity contribution in [1.82, 2.24) is 9.59 Å². The van der Waals surface area contributed by atoms with Gasteiger partial charge in [-0.05, 0) is 30.2 Å². The molecule has 0 aliphatic carbocycles. The summed E-state index contributed by atoms with van der Waals surface area (Å²) in [5, 5.41) is 7.89. The number of halogens is 1. The summed E-state index contributed by atoms with van der Waals surface area (Å²) in [5.41, 5.74) is 2.35. The van der Waals surface area contributed by atoms with Gasteiger partial charge < -0.3 is 10.2 Å². The number of rotatable bonds is 3. The minimum Gasteiger partial charge on any atom is -0.377 e. The first-order valence-corrected chi connectivity index (χ1v) is 7.04. The van der Waals surface area contributed by atoms with Gasteiger partial charge in [-0.15, -0.1) is 5.10 Å². The van der Waals surface area contributed by atoms with E-state index < -0.39 is 0 Å². The van der Waals surface area contributed by atoms with Crippen LogP contribution in [0.5, 0.6) is 0 Å². The molecule has 2 aromatic rings. The van der Waals surface area contributed by atoms with E-state index in [-0.39, 0.29) is 11.7 Å². The minimum absolute atomic E-state index is 0.0270. The standard InChI is InChI=1S/C13H13FN4OS/c1-15-13-10(16-17-20-13)7-18-11-4-3-9(14)6-8(11)2-5-12(18)19/h3-4,6,15H,2,5,7H2,1H3. The molecule has 0 bridgehead atoms. The van der Waals surface area contributed by atoms with Gasteiger partial charge in [0.1, 0.15) is 16.5 Å². The predicted molar refractivity (Wildman–Crippen MR) is 75.4 cm³/mol. The van der Waals surface area contributed by atoms with E-state index in [9.17, 15) is 9.18 Å². The minimum atomic E-state index is -0.274. The average Bonchev–Trinajstić information content (AvgIpc) is 2.89. The highest BCUT2D eigenvalue weighted by Crippen LogP contribution is 2.31. The number of carbonyl (C=O) groups excluding carboxylic acids is 1. The van der Waals surface area contributed by atoms with Crippen LogP contribution in [-0.4, -0.2) is 22.5 Å². The van der Waals surface area contributed by atoms with Gasteiger partial charge >= 0.3 is 0 Å². The Labute approximate surface area is 119 Å². The molecule has 3 rings (SSSR count). The fourth-order valence-corrected chi connectivity index (χ4v) is 2.88. The van der Waals surface area contributed by atoms with Gasteiger partial charge in [-0.1, -0.05) is 4.49 Å². The van der Waals surface area contributed by atoms with E-state index in [4.69, 9.17) is 0 Å². The number of nitrogens with one attached hydrogen (secondary N) is 1. The van der Waals surface area contributed by atoms with E-state index in [2.05, 4.69) is 14.9 Å². The summed E-state index contributed by atoms with van der Waals surface area (Å²) in [5.74, 6) is -0.247. The summed E-state index contributed by atoms with van der Waals surface area (Å²) in [6, 6.07) is 4.52. The van der Waals surface area contributed by atoms with Crippen molar-refractivity contribution in [2.45, 2.75) is 19.4 Å². The van der Waals surface area contributed by atoms with Crippen LogP contribution in [0, 0.1) is 5.82 Å². The molecular formula is C13H13FN4OS. The Balaban J connectivity index is 1.95. The van der Waals surface area contributed by atoms with Gasteiger partial charge in [0, 0.05) is 30.7 Å². The number of aromatic nitrogens is 2. The second-order valence-electron chi connectivity index (χ2n) is 4.55. The topological polar surface area (TPSA) is 58.1 Å². The average molecular weight is 292 g/mol. The molecule has 1 aliphatic heterocycles. The molecule has 1 aromatic heterocycles. The van der Waals surface area contributed by atoms with Gasteiger partial charge in [0.15, 0.2) is 0 Å². The maximum absolute atomic E-state index is 13.3. The van der Waals surface area contributed by atoms with Crippen molar-refractivity contribution in [2.75, 3.05) is 17.3 Å². The van der Waals surface area contributed by atoms with Crippen LogP contribution in [0.4, 0.5) is 15.1 Å². The molecule has 104 valence electrons. The maximum atomic E-state index is 13.3. The van der Waals surface area contributed by atoms with E-state index in [1.807, 2.05) is 0 Å². The molecule has 7 heteroatoms. The van der Waals surface area contributed by atoms with E-state index in [1.54, 1.807) is 18.0 Å². The Hall–Kier alpha value is -2.02. The summed E-state index contributed by atoms with van der Waals surface area (Å²) in [4.78, 5) is 13.8. The molecule has 0 fully saturated rings.